The summed E-state index contributed by atoms with van der Waals surface area (Å²) < 4.78 is 15.8. The van der Waals surface area contributed by atoms with Gasteiger partial charge in [-0.1, -0.05) is 12.1 Å². The van der Waals surface area contributed by atoms with Crippen molar-refractivity contribution in [3.05, 3.63) is 64.8 Å². The van der Waals surface area contributed by atoms with Gasteiger partial charge in [0.2, 0.25) is 0 Å². The molecule has 1 saturated heterocycles. The van der Waals surface area contributed by atoms with Gasteiger partial charge in [0, 0.05) is 48.6 Å². The van der Waals surface area contributed by atoms with Gasteiger partial charge in [-0.2, -0.15) is 5.10 Å². The van der Waals surface area contributed by atoms with Crippen LogP contribution in [0.3, 0.4) is 0 Å². The zero-order valence-corrected chi connectivity index (χ0v) is 17.6. The molecule has 1 fully saturated rings. The van der Waals surface area contributed by atoms with Gasteiger partial charge in [0.05, 0.1) is 0 Å². The van der Waals surface area contributed by atoms with E-state index in [0.717, 1.165) is 28.7 Å². The summed E-state index contributed by atoms with van der Waals surface area (Å²) in [5.41, 5.74) is 1.88. The second kappa shape index (κ2) is 8.32. The van der Waals surface area contributed by atoms with Gasteiger partial charge >= 0.3 is 0 Å². The molecule has 8 heteroatoms. The molecule has 0 unspecified atom stereocenters. The minimum atomic E-state index is -0.308. The Bertz CT molecular complexity index is 1000. The Morgan fingerprint density at radius 2 is 2.07 bits per heavy atom. The average molecular weight is 458 g/mol. The molecule has 3 heterocycles. The molecule has 150 valence electrons. The van der Waals surface area contributed by atoms with Crippen LogP contribution < -0.4 is 5.32 Å². The fourth-order valence-electron chi connectivity index (χ4n) is 3.64. The van der Waals surface area contributed by atoms with Crippen LogP contribution in [0.4, 0.5) is 10.2 Å². The van der Waals surface area contributed by atoms with Crippen LogP contribution in [0.5, 0.6) is 0 Å². The van der Waals surface area contributed by atoms with E-state index in [-0.39, 0.29) is 17.8 Å². The maximum absolute atomic E-state index is 13.3. The first-order chi connectivity index (χ1) is 14.0. The molecular weight excluding hydrogens is 437 g/mol. The largest absolute Gasteiger partial charge is 0.368 e. The Morgan fingerprint density at radius 3 is 2.79 bits per heavy atom. The summed E-state index contributed by atoms with van der Waals surface area (Å²) in [6.07, 6.45) is 5.41. The molecular formula is C21H21BrFN5O. The summed E-state index contributed by atoms with van der Waals surface area (Å²) >= 11 is 3.38. The molecule has 3 aromatic rings. The first-order valence-electron chi connectivity index (χ1n) is 9.47. The highest BCUT2D eigenvalue weighted by atomic mass is 79.9. The van der Waals surface area contributed by atoms with E-state index in [1.54, 1.807) is 36.3 Å². The summed E-state index contributed by atoms with van der Waals surface area (Å²) in [4.78, 5) is 19.5. The summed E-state index contributed by atoms with van der Waals surface area (Å²) in [7, 11) is 1.78. The smallest absolute Gasteiger partial charge is 0.275 e. The second-order valence-corrected chi connectivity index (χ2v) is 8.02. The lowest BCUT2D eigenvalue weighted by Gasteiger charge is -2.25. The highest BCUT2D eigenvalue weighted by Gasteiger charge is 2.32. The lowest BCUT2D eigenvalue weighted by molar-refractivity contribution is 0.0737. The first kappa shape index (κ1) is 19.6. The summed E-state index contributed by atoms with van der Waals surface area (Å²) in [5.74, 6) is 0.369. The van der Waals surface area contributed by atoms with E-state index in [9.17, 15) is 9.18 Å². The lowest BCUT2D eigenvalue weighted by Crippen LogP contribution is -2.40. The highest BCUT2D eigenvalue weighted by Crippen LogP contribution is 2.27. The number of aromatic nitrogens is 3. The Kier molecular flexibility index (Phi) is 5.62. The molecule has 0 saturated carbocycles. The zero-order valence-electron chi connectivity index (χ0n) is 16.0. The maximum Gasteiger partial charge on any atom is 0.275 e. The van der Waals surface area contributed by atoms with Gasteiger partial charge in [0.15, 0.2) is 5.69 Å². The number of hydrogen-bond donors (Lipinski definition) is 1. The van der Waals surface area contributed by atoms with Crippen molar-refractivity contribution < 1.29 is 9.18 Å². The Morgan fingerprint density at radius 1 is 1.28 bits per heavy atom. The maximum atomic E-state index is 13.3. The SMILES string of the molecule is Cn1cc(-c2ccc(F)cc2)c(C(=O)N2CCC[C@H]2CNc2ccc(Br)cn2)n1. The normalized spacial score (nSPS) is 16.2. The first-order valence-corrected chi connectivity index (χ1v) is 10.3. The molecule has 1 aliphatic heterocycles. The van der Waals surface area contributed by atoms with Crippen LogP contribution >= 0.6 is 15.9 Å². The second-order valence-electron chi connectivity index (χ2n) is 7.11. The Balaban J connectivity index is 1.52. The molecule has 2 aromatic heterocycles. The molecule has 1 aliphatic rings. The van der Waals surface area contributed by atoms with Gasteiger partial charge < -0.3 is 10.2 Å². The predicted octanol–water partition coefficient (Wildman–Crippen LogP) is 4.10. The number of nitrogens with one attached hydrogen (secondary N) is 1. The molecule has 1 atom stereocenters. The van der Waals surface area contributed by atoms with Gasteiger partial charge in [0.25, 0.3) is 5.91 Å². The van der Waals surface area contributed by atoms with Crippen LogP contribution in [0.1, 0.15) is 23.3 Å². The number of carbonyl (C=O) groups is 1. The van der Waals surface area contributed by atoms with Gasteiger partial charge in [0.1, 0.15) is 11.6 Å². The van der Waals surface area contributed by atoms with Crippen molar-refractivity contribution in [1.29, 1.82) is 0 Å². The van der Waals surface area contributed by atoms with Gasteiger partial charge in [-0.3, -0.25) is 9.48 Å². The van der Waals surface area contributed by atoms with Crippen LogP contribution in [0.15, 0.2) is 53.3 Å². The molecule has 0 spiro atoms. The third-order valence-electron chi connectivity index (χ3n) is 5.07. The van der Waals surface area contributed by atoms with Crippen LogP contribution in [-0.2, 0) is 7.05 Å². The van der Waals surface area contributed by atoms with Crippen molar-refractivity contribution >= 4 is 27.7 Å². The van der Waals surface area contributed by atoms with Crippen LogP contribution in [-0.4, -0.2) is 44.7 Å². The Hall–Kier alpha value is -2.74. The van der Waals surface area contributed by atoms with Gasteiger partial charge in [-0.25, -0.2) is 9.37 Å². The number of carbonyl (C=O) groups excluding carboxylic acids is 1. The third-order valence-corrected chi connectivity index (χ3v) is 5.54. The zero-order chi connectivity index (χ0) is 20.4. The predicted molar refractivity (Wildman–Crippen MR) is 113 cm³/mol. The summed E-state index contributed by atoms with van der Waals surface area (Å²) in [6.45, 7) is 1.32. The number of halogens is 2. The van der Waals surface area contributed by atoms with E-state index in [0.29, 0.717) is 24.3 Å². The molecule has 1 aromatic carbocycles. The van der Waals surface area contributed by atoms with Crippen molar-refractivity contribution in [3.8, 4) is 11.1 Å². The van der Waals surface area contributed by atoms with Crippen LogP contribution in [0.25, 0.3) is 11.1 Å². The lowest BCUT2D eigenvalue weighted by atomic mass is 10.1. The van der Waals surface area contributed by atoms with Crippen molar-refractivity contribution in [2.24, 2.45) is 7.05 Å². The molecule has 29 heavy (non-hydrogen) atoms. The van der Waals surface area contributed by atoms with E-state index in [1.807, 2.05) is 17.0 Å². The van der Waals surface area contributed by atoms with E-state index < -0.39 is 0 Å². The molecule has 1 amide bonds. The highest BCUT2D eigenvalue weighted by molar-refractivity contribution is 9.10. The number of rotatable bonds is 5. The fourth-order valence-corrected chi connectivity index (χ4v) is 3.88. The van der Waals surface area contributed by atoms with E-state index >= 15 is 0 Å². The molecule has 1 N–H and O–H groups in total. The number of amides is 1. The molecule has 0 radical (unpaired) electrons. The van der Waals surface area contributed by atoms with E-state index in [1.165, 1.54) is 12.1 Å². The number of aryl methyl sites for hydroxylation is 1. The minimum Gasteiger partial charge on any atom is -0.368 e. The number of nitrogens with zero attached hydrogens (tertiary/aromatic N) is 4. The molecule has 0 aliphatic carbocycles. The number of hydrogen-bond acceptors (Lipinski definition) is 4. The third kappa shape index (κ3) is 4.32. The van der Waals surface area contributed by atoms with Crippen molar-refractivity contribution in [2.75, 3.05) is 18.4 Å². The molecule has 6 nitrogen and oxygen atoms in total. The van der Waals surface area contributed by atoms with Crippen molar-refractivity contribution in [2.45, 2.75) is 18.9 Å². The van der Waals surface area contributed by atoms with Crippen molar-refractivity contribution in [1.82, 2.24) is 19.7 Å². The van der Waals surface area contributed by atoms with Crippen LogP contribution in [0.2, 0.25) is 0 Å². The number of anilines is 1. The average Bonchev–Trinajstić information content (AvgIpc) is 3.34. The van der Waals surface area contributed by atoms with Crippen LogP contribution in [0, 0.1) is 5.82 Å². The topological polar surface area (TPSA) is 63.1 Å². The number of pyridine rings is 1. The Labute approximate surface area is 176 Å². The van der Waals surface area contributed by atoms with E-state index in [4.69, 9.17) is 0 Å². The fraction of sp³-hybridized carbons (Fsp3) is 0.286. The summed E-state index contributed by atoms with van der Waals surface area (Å²) in [5, 5.41) is 7.72. The molecule has 4 rings (SSSR count). The summed E-state index contributed by atoms with van der Waals surface area (Å²) in [6, 6.07) is 10.0. The van der Waals surface area contributed by atoms with Crippen molar-refractivity contribution in [3.63, 3.8) is 0 Å². The quantitative estimate of drug-likeness (QED) is 0.626. The molecule has 0 bridgehead atoms. The number of likely N-dealkylation sites (tertiary alicyclic amines) is 1. The van der Waals surface area contributed by atoms with Gasteiger partial charge in [-0.05, 0) is 58.6 Å². The van der Waals surface area contributed by atoms with E-state index in [2.05, 4.69) is 31.3 Å². The van der Waals surface area contributed by atoms with Gasteiger partial charge in [-0.15, -0.1) is 0 Å². The minimum absolute atomic E-state index is 0.0658. The standard InChI is InChI=1S/C21H21BrFN5O/c1-27-13-18(14-4-7-16(23)8-5-14)20(26-27)21(29)28-10-2-3-17(28)12-25-19-9-6-15(22)11-24-19/h4-9,11,13,17H,2-3,10,12H2,1H3,(H,24,25)/t17-/m0/s1. The monoisotopic (exact) mass is 457 g/mol. The number of benzene rings is 1.